The maximum Gasteiger partial charge on any atom is 0.310 e. The van der Waals surface area contributed by atoms with Gasteiger partial charge in [0.2, 0.25) is 5.91 Å². The maximum absolute atomic E-state index is 12.6. The number of esters is 1. The largest absolute Gasteiger partial charge is 0.461 e. The van der Waals surface area contributed by atoms with Gasteiger partial charge in [-0.25, -0.2) is 0 Å². The highest BCUT2D eigenvalue weighted by Crippen LogP contribution is 2.60. The highest BCUT2D eigenvalue weighted by atomic mass is 79.9. The number of alkyl halides is 1. The zero-order valence-corrected chi connectivity index (χ0v) is 13.4. The van der Waals surface area contributed by atoms with E-state index in [2.05, 4.69) is 21.2 Å². The first-order valence-corrected chi connectivity index (χ1v) is 8.29. The van der Waals surface area contributed by atoms with Crippen LogP contribution in [0.2, 0.25) is 0 Å². The Balaban J connectivity index is 1.53. The topological polar surface area (TPSA) is 98.5 Å². The van der Waals surface area contributed by atoms with E-state index in [-0.39, 0.29) is 46.2 Å². The Bertz CT molecular complexity index is 706. The van der Waals surface area contributed by atoms with Crippen molar-refractivity contribution in [2.24, 2.45) is 23.7 Å². The highest BCUT2D eigenvalue weighted by Gasteiger charge is 2.67. The van der Waals surface area contributed by atoms with Gasteiger partial charge in [0.1, 0.15) is 6.10 Å². The number of hydrogen-bond acceptors (Lipinski definition) is 5. The van der Waals surface area contributed by atoms with E-state index in [9.17, 15) is 19.7 Å². The summed E-state index contributed by atoms with van der Waals surface area (Å²) >= 11 is 3.56. The fraction of sp³-hybridized carbons (Fsp3) is 0.467. The molecule has 1 aromatic carbocycles. The van der Waals surface area contributed by atoms with Crippen molar-refractivity contribution < 1.29 is 19.2 Å². The van der Waals surface area contributed by atoms with E-state index >= 15 is 0 Å². The van der Waals surface area contributed by atoms with E-state index in [0.29, 0.717) is 5.69 Å². The number of nitro groups is 1. The van der Waals surface area contributed by atoms with Gasteiger partial charge >= 0.3 is 5.97 Å². The summed E-state index contributed by atoms with van der Waals surface area (Å²) in [5.41, 5.74) is 0.447. The van der Waals surface area contributed by atoms with Crippen LogP contribution in [0.4, 0.5) is 11.4 Å². The number of nitro benzene ring substituents is 1. The van der Waals surface area contributed by atoms with Crippen LogP contribution >= 0.6 is 15.9 Å². The molecule has 0 spiro atoms. The van der Waals surface area contributed by atoms with Crippen molar-refractivity contribution in [3.05, 3.63) is 34.4 Å². The SMILES string of the molecule is O=C(Nc1ccc([N+](=O)[O-])cc1)[C@@H]1[C@H]2C[C@H]3[C@H](OC(=O)[C@@H]31)[C@H]2Br. The van der Waals surface area contributed by atoms with Crippen LogP contribution in [0.1, 0.15) is 6.42 Å². The minimum Gasteiger partial charge on any atom is -0.461 e. The number of amides is 1. The lowest BCUT2D eigenvalue weighted by molar-refractivity contribution is -0.384. The van der Waals surface area contributed by atoms with Crippen molar-refractivity contribution in [3.8, 4) is 0 Å². The van der Waals surface area contributed by atoms with Crippen LogP contribution in [0, 0.1) is 33.8 Å². The average molecular weight is 381 g/mol. The van der Waals surface area contributed by atoms with Crippen molar-refractivity contribution in [3.63, 3.8) is 0 Å². The van der Waals surface area contributed by atoms with E-state index in [1.54, 1.807) is 0 Å². The fourth-order valence-electron chi connectivity index (χ4n) is 4.22. The molecule has 2 aliphatic carbocycles. The summed E-state index contributed by atoms with van der Waals surface area (Å²) in [7, 11) is 0. The molecule has 8 heteroatoms. The van der Waals surface area contributed by atoms with Gasteiger partial charge in [-0.1, -0.05) is 15.9 Å². The standard InChI is InChI=1S/C15H13BrN2O5/c16-12-8-5-9-11(15(20)23-13(9)12)10(8)14(19)17-6-1-3-7(4-2-6)18(21)22/h1-4,8-13H,5H2,(H,17,19)/t8-,9-,10-,11+,12+,13+/m1/s1. The first-order valence-electron chi connectivity index (χ1n) is 7.37. The number of carbonyl (C=O) groups excluding carboxylic acids is 2. The number of fused-ring (bicyclic) bond motifs is 1. The van der Waals surface area contributed by atoms with Crippen molar-refractivity contribution in [1.29, 1.82) is 0 Å². The first-order chi connectivity index (χ1) is 11.0. The quantitative estimate of drug-likeness (QED) is 0.374. The number of rotatable bonds is 3. The Hall–Kier alpha value is -1.96. The maximum atomic E-state index is 12.6. The molecule has 0 aromatic heterocycles. The number of benzene rings is 1. The van der Waals surface area contributed by atoms with Crippen molar-refractivity contribution >= 4 is 39.2 Å². The van der Waals surface area contributed by atoms with Crippen LogP contribution < -0.4 is 5.32 Å². The third-order valence-corrected chi connectivity index (χ3v) is 6.37. The van der Waals surface area contributed by atoms with Crippen LogP contribution in [0.15, 0.2) is 24.3 Å². The van der Waals surface area contributed by atoms with Gasteiger partial charge in [-0.15, -0.1) is 0 Å². The molecule has 120 valence electrons. The van der Waals surface area contributed by atoms with Crippen LogP contribution in [-0.4, -0.2) is 27.7 Å². The smallest absolute Gasteiger partial charge is 0.310 e. The predicted octanol–water partition coefficient (Wildman–Crippen LogP) is 2.10. The molecule has 2 saturated carbocycles. The summed E-state index contributed by atoms with van der Waals surface area (Å²) in [5, 5.41) is 13.4. The third kappa shape index (κ3) is 2.08. The van der Waals surface area contributed by atoms with Gasteiger partial charge in [0.15, 0.2) is 0 Å². The van der Waals surface area contributed by atoms with Gasteiger partial charge in [-0.3, -0.25) is 19.7 Å². The number of ether oxygens (including phenoxy) is 1. The Morgan fingerprint density at radius 3 is 2.65 bits per heavy atom. The Labute approximate surface area is 139 Å². The number of nitrogens with zero attached hydrogens (tertiary/aromatic N) is 1. The van der Waals surface area contributed by atoms with E-state index in [0.717, 1.165) is 6.42 Å². The lowest BCUT2D eigenvalue weighted by Gasteiger charge is -2.27. The first kappa shape index (κ1) is 14.6. The van der Waals surface area contributed by atoms with Crippen LogP contribution in [0.3, 0.4) is 0 Å². The minimum atomic E-state index is -0.494. The zero-order valence-electron chi connectivity index (χ0n) is 11.8. The summed E-state index contributed by atoms with van der Waals surface area (Å²) in [6.07, 6.45) is 0.705. The van der Waals surface area contributed by atoms with Gasteiger partial charge < -0.3 is 10.1 Å². The molecule has 3 aliphatic rings. The van der Waals surface area contributed by atoms with Gasteiger partial charge in [0, 0.05) is 23.7 Å². The van der Waals surface area contributed by atoms with Gasteiger partial charge in [-0.05, 0) is 24.5 Å². The van der Waals surface area contributed by atoms with Crippen molar-refractivity contribution in [2.45, 2.75) is 17.4 Å². The van der Waals surface area contributed by atoms with Gasteiger partial charge in [0.25, 0.3) is 5.69 Å². The molecule has 0 unspecified atom stereocenters. The van der Waals surface area contributed by atoms with Crippen LogP contribution in [-0.2, 0) is 14.3 Å². The second kappa shape index (κ2) is 5.02. The molecule has 7 nitrogen and oxygen atoms in total. The average Bonchev–Trinajstić information content (AvgIpc) is 3.12. The molecule has 1 amide bonds. The van der Waals surface area contributed by atoms with Gasteiger partial charge in [-0.2, -0.15) is 0 Å². The van der Waals surface area contributed by atoms with Crippen molar-refractivity contribution in [1.82, 2.24) is 0 Å². The number of halogens is 1. The summed E-state index contributed by atoms with van der Waals surface area (Å²) in [4.78, 5) is 34.8. The Kier molecular flexibility index (Phi) is 3.19. The monoisotopic (exact) mass is 380 g/mol. The number of non-ortho nitro benzene ring substituents is 1. The molecular weight excluding hydrogens is 368 g/mol. The third-order valence-electron chi connectivity index (χ3n) is 5.17. The predicted molar refractivity (Wildman–Crippen MR) is 82.9 cm³/mol. The molecule has 4 rings (SSSR count). The molecular formula is C15H13BrN2O5. The Morgan fingerprint density at radius 1 is 1.30 bits per heavy atom. The number of nitrogens with one attached hydrogen (secondary N) is 1. The van der Waals surface area contributed by atoms with Crippen LogP contribution in [0.5, 0.6) is 0 Å². The minimum absolute atomic E-state index is 0.0165. The van der Waals surface area contributed by atoms with Crippen molar-refractivity contribution in [2.75, 3.05) is 5.32 Å². The van der Waals surface area contributed by atoms with E-state index in [1.807, 2.05) is 0 Å². The number of hydrogen-bond donors (Lipinski definition) is 1. The van der Waals surface area contributed by atoms with Crippen LogP contribution in [0.25, 0.3) is 0 Å². The molecule has 1 N–H and O–H groups in total. The molecule has 1 saturated heterocycles. The summed E-state index contributed by atoms with van der Waals surface area (Å²) in [6.45, 7) is 0. The summed E-state index contributed by atoms with van der Waals surface area (Å²) < 4.78 is 5.38. The van der Waals surface area contributed by atoms with E-state index in [1.165, 1.54) is 24.3 Å². The molecule has 0 radical (unpaired) electrons. The lowest BCUT2D eigenvalue weighted by Crippen LogP contribution is -2.40. The van der Waals surface area contributed by atoms with Gasteiger partial charge in [0.05, 0.1) is 21.6 Å². The molecule has 2 bridgehead atoms. The molecule has 23 heavy (non-hydrogen) atoms. The highest BCUT2D eigenvalue weighted by molar-refractivity contribution is 9.09. The summed E-state index contributed by atoms with van der Waals surface area (Å²) in [6, 6.07) is 5.66. The lowest BCUT2D eigenvalue weighted by atomic mass is 9.79. The van der Waals surface area contributed by atoms with E-state index in [4.69, 9.17) is 4.74 Å². The molecule has 1 aliphatic heterocycles. The fourth-order valence-corrected chi connectivity index (χ4v) is 5.27. The second-order valence-corrected chi connectivity index (χ2v) is 7.31. The second-order valence-electron chi connectivity index (χ2n) is 6.25. The number of anilines is 1. The molecule has 1 aromatic rings. The molecule has 1 heterocycles. The van der Waals surface area contributed by atoms with E-state index < -0.39 is 10.8 Å². The zero-order chi connectivity index (χ0) is 16.3. The Morgan fingerprint density at radius 2 is 2.00 bits per heavy atom. The number of carbonyl (C=O) groups is 2. The molecule has 6 atom stereocenters. The summed E-state index contributed by atoms with van der Waals surface area (Å²) in [5.74, 6) is -1.09. The normalized spacial score (nSPS) is 36.8. The molecule has 3 fully saturated rings.